The van der Waals surface area contributed by atoms with Crippen molar-refractivity contribution in [1.82, 2.24) is 10.6 Å². The maximum Gasteiger partial charge on any atom is 0.220 e. The summed E-state index contributed by atoms with van der Waals surface area (Å²) in [5.41, 5.74) is 2.57. The zero-order valence-electron chi connectivity index (χ0n) is 12.6. The highest BCUT2D eigenvalue weighted by Gasteiger charge is 2.17. The maximum atomic E-state index is 12.0. The average molecular weight is 274 g/mol. The van der Waals surface area contributed by atoms with Crippen LogP contribution in [-0.2, 0) is 4.79 Å². The predicted octanol–water partition coefficient (Wildman–Crippen LogP) is 2.60. The molecule has 110 valence electrons. The minimum absolute atomic E-state index is 0.205. The van der Waals surface area contributed by atoms with Gasteiger partial charge in [0.25, 0.3) is 0 Å². The van der Waals surface area contributed by atoms with E-state index < -0.39 is 0 Å². The molecule has 1 saturated heterocycles. The second-order valence-electron chi connectivity index (χ2n) is 6.02. The molecule has 0 bridgehead atoms. The van der Waals surface area contributed by atoms with Gasteiger partial charge in [-0.2, -0.15) is 0 Å². The fraction of sp³-hybridized carbons (Fsp3) is 0.588. The van der Waals surface area contributed by atoms with Crippen LogP contribution in [0.2, 0.25) is 0 Å². The fourth-order valence-corrected chi connectivity index (χ4v) is 2.78. The normalized spacial score (nSPS) is 17.7. The molecule has 1 heterocycles. The zero-order chi connectivity index (χ0) is 14.4. The first-order chi connectivity index (χ1) is 9.65. The van der Waals surface area contributed by atoms with Crippen molar-refractivity contribution in [2.45, 2.75) is 39.0 Å². The molecule has 1 atom stereocenters. The Balaban J connectivity index is 1.75. The van der Waals surface area contributed by atoms with Crippen molar-refractivity contribution in [3.05, 3.63) is 35.4 Å². The molecular formula is C17H26N2O. The van der Waals surface area contributed by atoms with Gasteiger partial charge in [-0.3, -0.25) is 4.79 Å². The third kappa shape index (κ3) is 4.64. The molecule has 0 saturated carbocycles. The quantitative estimate of drug-likeness (QED) is 0.866. The smallest absolute Gasteiger partial charge is 0.220 e. The van der Waals surface area contributed by atoms with Gasteiger partial charge >= 0.3 is 0 Å². The Bertz CT molecular complexity index is 438. The maximum absolute atomic E-state index is 12.0. The third-order valence-electron chi connectivity index (χ3n) is 4.15. The van der Waals surface area contributed by atoms with E-state index in [1.54, 1.807) is 0 Å². The Morgan fingerprint density at radius 1 is 1.40 bits per heavy atom. The van der Waals surface area contributed by atoms with Crippen LogP contribution in [0.5, 0.6) is 0 Å². The molecule has 3 heteroatoms. The molecule has 0 aliphatic carbocycles. The molecule has 0 radical (unpaired) electrons. The summed E-state index contributed by atoms with van der Waals surface area (Å²) in [5, 5.41) is 6.42. The van der Waals surface area contributed by atoms with E-state index in [1.807, 2.05) is 0 Å². The van der Waals surface area contributed by atoms with Gasteiger partial charge in [-0.05, 0) is 50.3 Å². The first-order valence-corrected chi connectivity index (χ1v) is 7.69. The summed E-state index contributed by atoms with van der Waals surface area (Å²) in [4.78, 5) is 12.0. The Morgan fingerprint density at radius 3 is 2.85 bits per heavy atom. The summed E-state index contributed by atoms with van der Waals surface area (Å²) in [6.07, 6.45) is 2.93. The fourth-order valence-electron chi connectivity index (χ4n) is 2.78. The van der Waals surface area contributed by atoms with Crippen LogP contribution in [0, 0.1) is 12.8 Å². The minimum Gasteiger partial charge on any atom is -0.355 e. The third-order valence-corrected chi connectivity index (χ3v) is 4.15. The first kappa shape index (κ1) is 15.0. The van der Waals surface area contributed by atoms with Crippen LogP contribution in [0.15, 0.2) is 24.3 Å². The van der Waals surface area contributed by atoms with Gasteiger partial charge in [-0.1, -0.05) is 36.8 Å². The van der Waals surface area contributed by atoms with E-state index in [2.05, 4.69) is 48.7 Å². The highest BCUT2D eigenvalue weighted by molar-refractivity contribution is 5.76. The van der Waals surface area contributed by atoms with Gasteiger partial charge in [0, 0.05) is 13.0 Å². The lowest BCUT2D eigenvalue weighted by Crippen LogP contribution is -2.33. The van der Waals surface area contributed by atoms with Crippen molar-refractivity contribution in [3.8, 4) is 0 Å². The molecule has 3 nitrogen and oxygen atoms in total. The Hall–Kier alpha value is -1.35. The van der Waals surface area contributed by atoms with Crippen LogP contribution in [0.1, 0.15) is 43.2 Å². The lowest BCUT2D eigenvalue weighted by molar-refractivity contribution is -0.122. The average Bonchev–Trinajstić information content (AvgIpc) is 2.46. The number of benzene rings is 1. The Labute approximate surface area is 122 Å². The van der Waals surface area contributed by atoms with Crippen LogP contribution in [0.25, 0.3) is 0 Å². The van der Waals surface area contributed by atoms with Crippen LogP contribution < -0.4 is 10.6 Å². The van der Waals surface area contributed by atoms with Crippen molar-refractivity contribution in [2.24, 2.45) is 5.92 Å². The number of nitrogens with one attached hydrogen (secondary N) is 2. The molecule has 2 rings (SSSR count). The Morgan fingerprint density at radius 2 is 2.15 bits per heavy atom. The van der Waals surface area contributed by atoms with E-state index in [9.17, 15) is 4.79 Å². The molecule has 1 aromatic rings. The predicted molar refractivity (Wildman–Crippen MR) is 82.8 cm³/mol. The van der Waals surface area contributed by atoms with E-state index >= 15 is 0 Å². The molecule has 0 aromatic heterocycles. The van der Waals surface area contributed by atoms with Gasteiger partial charge in [0.1, 0.15) is 0 Å². The minimum atomic E-state index is 0.205. The van der Waals surface area contributed by atoms with Gasteiger partial charge in [0.2, 0.25) is 5.91 Å². The molecular weight excluding hydrogens is 248 g/mol. The number of piperidine rings is 1. The van der Waals surface area contributed by atoms with E-state index in [1.165, 1.54) is 11.1 Å². The monoisotopic (exact) mass is 274 g/mol. The largest absolute Gasteiger partial charge is 0.355 e. The van der Waals surface area contributed by atoms with E-state index in [-0.39, 0.29) is 5.91 Å². The molecule has 2 N–H and O–H groups in total. The van der Waals surface area contributed by atoms with Gasteiger partial charge in [-0.25, -0.2) is 0 Å². The molecule has 1 aliphatic rings. The van der Waals surface area contributed by atoms with Gasteiger partial charge in [-0.15, -0.1) is 0 Å². The number of carbonyl (C=O) groups is 1. The lowest BCUT2D eigenvalue weighted by Gasteiger charge is -2.22. The van der Waals surface area contributed by atoms with Crippen molar-refractivity contribution >= 4 is 5.91 Å². The molecule has 1 fully saturated rings. The Kier molecular flexibility index (Phi) is 5.60. The summed E-state index contributed by atoms with van der Waals surface area (Å²) >= 11 is 0. The molecule has 0 spiro atoms. The summed E-state index contributed by atoms with van der Waals surface area (Å²) in [7, 11) is 0. The van der Waals surface area contributed by atoms with Crippen molar-refractivity contribution in [2.75, 3.05) is 19.6 Å². The zero-order valence-corrected chi connectivity index (χ0v) is 12.6. The van der Waals surface area contributed by atoms with Crippen LogP contribution in [0.3, 0.4) is 0 Å². The standard InChI is InChI=1S/C17H26N2O/c1-13-4-3-5-16(10-13)14(2)12-19-17(20)11-15-6-8-18-9-7-15/h3-5,10,14-15,18H,6-9,11-12H2,1-2H3,(H,19,20)/t14-/m0/s1. The highest BCUT2D eigenvalue weighted by Crippen LogP contribution is 2.17. The number of amides is 1. The number of hydrogen-bond acceptors (Lipinski definition) is 2. The topological polar surface area (TPSA) is 41.1 Å². The molecule has 20 heavy (non-hydrogen) atoms. The molecule has 1 aliphatic heterocycles. The summed E-state index contributed by atoms with van der Waals surface area (Å²) in [5.74, 6) is 1.13. The van der Waals surface area contributed by atoms with E-state index in [0.29, 0.717) is 18.3 Å². The number of hydrogen-bond donors (Lipinski definition) is 2. The number of aryl methyl sites for hydroxylation is 1. The number of rotatable bonds is 5. The van der Waals surface area contributed by atoms with Crippen LogP contribution >= 0.6 is 0 Å². The van der Waals surface area contributed by atoms with Gasteiger partial charge in [0.05, 0.1) is 0 Å². The van der Waals surface area contributed by atoms with Gasteiger partial charge < -0.3 is 10.6 Å². The number of carbonyl (C=O) groups excluding carboxylic acids is 1. The van der Waals surface area contributed by atoms with Crippen molar-refractivity contribution < 1.29 is 4.79 Å². The van der Waals surface area contributed by atoms with Gasteiger partial charge in [0.15, 0.2) is 0 Å². The van der Waals surface area contributed by atoms with Crippen molar-refractivity contribution in [1.29, 1.82) is 0 Å². The van der Waals surface area contributed by atoms with Crippen molar-refractivity contribution in [3.63, 3.8) is 0 Å². The van der Waals surface area contributed by atoms with Crippen LogP contribution in [0.4, 0.5) is 0 Å². The van der Waals surface area contributed by atoms with E-state index in [0.717, 1.165) is 32.5 Å². The SMILES string of the molecule is Cc1cccc([C@@H](C)CNC(=O)CC2CCNCC2)c1. The summed E-state index contributed by atoms with van der Waals surface area (Å²) in [6, 6.07) is 8.52. The highest BCUT2D eigenvalue weighted by atomic mass is 16.1. The second kappa shape index (κ2) is 7.44. The first-order valence-electron chi connectivity index (χ1n) is 7.69. The molecule has 1 amide bonds. The molecule has 0 unspecified atom stereocenters. The molecule has 1 aromatic carbocycles. The second-order valence-corrected chi connectivity index (χ2v) is 6.02. The van der Waals surface area contributed by atoms with E-state index in [4.69, 9.17) is 0 Å². The van der Waals surface area contributed by atoms with Crippen LogP contribution in [-0.4, -0.2) is 25.5 Å². The summed E-state index contributed by atoms with van der Waals surface area (Å²) in [6.45, 7) is 7.11. The lowest BCUT2D eigenvalue weighted by atomic mass is 9.94. The summed E-state index contributed by atoms with van der Waals surface area (Å²) < 4.78 is 0.